The minimum Gasteiger partial charge on any atom is -0.423 e. The van der Waals surface area contributed by atoms with Crippen LogP contribution < -0.4 is 16.1 Å². The van der Waals surface area contributed by atoms with E-state index in [-0.39, 0.29) is 18.1 Å². The van der Waals surface area contributed by atoms with Crippen LogP contribution in [-0.4, -0.2) is 41.4 Å². The summed E-state index contributed by atoms with van der Waals surface area (Å²) in [5, 5.41) is 25.8. The number of nitriles is 1. The van der Waals surface area contributed by atoms with Crippen LogP contribution in [-0.2, 0) is 9.39 Å². The maximum Gasteiger partial charge on any atom is 0.491 e. The Hall–Kier alpha value is -2.67. The third-order valence-electron chi connectivity index (χ3n) is 5.20. The fourth-order valence-electron chi connectivity index (χ4n) is 3.56. The normalized spacial score (nSPS) is 23.8. The van der Waals surface area contributed by atoms with Crippen molar-refractivity contribution in [1.29, 1.82) is 5.26 Å². The largest absolute Gasteiger partial charge is 0.491 e. The molecule has 4 rings (SSSR count). The van der Waals surface area contributed by atoms with Crippen molar-refractivity contribution in [3.8, 4) is 6.07 Å². The molecule has 28 heavy (non-hydrogen) atoms. The highest BCUT2D eigenvalue weighted by atomic mass is 16.5. The second kappa shape index (κ2) is 7.76. The van der Waals surface area contributed by atoms with E-state index in [2.05, 4.69) is 26.7 Å². The van der Waals surface area contributed by atoms with Gasteiger partial charge in [-0.15, -0.1) is 0 Å². The number of rotatable bonds is 4. The monoisotopic (exact) mass is 379 g/mol. The molecule has 3 unspecified atom stereocenters. The van der Waals surface area contributed by atoms with Crippen LogP contribution in [0.15, 0.2) is 24.4 Å². The van der Waals surface area contributed by atoms with Crippen LogP contribution in [0.25, 0.3) is 0 Å². The molecule has 0 amide bonds. The maximum absolute atomic E-state index is 9.89. The lowest BCUT2D eigenvalue weighted by Crippen LogP contribution is -2.38. The van der Waals surface area contributed by atoms with Gasteiger partial charge >= 0.3 is 7.12 Å². The predicted molar refractivity (Wildman–Crippen MR) is 106 cm³/mol. The average Bonchev–Trinajstić information content (AvgIpc) is 2.98. The molecule has 0 bridgehead atoms. The fraction of sp³-hybridized carbons (Fsp3) is 0.421. The van der Waals surface area contributed by atoms with Gasteiger partial charge in [-0.25, -0.2) is 4.98 Å². The lowest BCUT2D eigenvalue weighted by atomic mass is 9.79. The van der Waals surface area contributed by atoms with Gasteiger partial charge in [0.2, 0.25) is 5.95 Å². The van der Waals surface area contributed by atoms with Gasteiger partial charge in [-0.3, -0.25) is 0 Å². The number of nitrogens with one attached hydrogen (secondary N) is 2. The molecule has 144 valence electrons. The molecule has 8 nitrogen and oxygen atoms in total. The maximum atomic E-state index is 9.89. The lowest BCUT2D eigenvalue weighted by molar-refractivity contribution is 0.0698. The zero-order chi connectivity index (χ0) is 19.7. The van der Waals surface area contributed by atoms with E-state index >= 15 is 0 Å². The molecule has 0 radical (unpaired) electrons. The first-order valence-corrected chi connectivity index (χ1v) is 9.37. The van der Waals surface area contributed by atoms with E-state index in [1.54, 1.807) is 6.20 Å². The summed E-state index contributed by atoms with van der Waals surface area (Å²) in [5.74, 6) is 1.02. The quantitative estimate of drug-likeness (QED) is 0.688. The molecule has 0 saturated carbocycles. The lowest BCUT2D eigenvalue weighted by Gasteiger charge is -2.28. The smallest absolute Gasteiger partial charge is 0.423 e. The van der Waals surface area contributed by atoms with Crippen molar-refractivity contribution in [3.63, 3.8) is 0 Å². The van der Waals surface area contributed by atoms with Crippen LogP contribution in [0.4, 0.5) is 17.5 Å². The summed E-state index contributed by atoms with van der Waals surface area (Å²) in [5.41, 5.74) is 3.44. The Morgan fingerprint density at radius 3 is 3.07 bits per heavy atom. The molecule has 2 aliphatic rings. The van der Waals surface area contributed by atoms with Gasteiger partial charge in [0, 0.05) is 24.1 Å². The Balaban J connectivity index is 1.53. The Labute approximate surface area is 164 Å². The van der Waals surface area contributed by atoms with E-state index in [1.807, 2.05) is 32.0 Å². The number of ether oxygens (including phenoxy) is 1. The second-order valence-corrected chi connectivity index (χ2v) is 7.17. The number of fused-ring (bicyclic) bond motifs is 1. The summed E-state index contributed by atoms with van der Waals surface area (Å²) < 4.78 is 10.9. The molecular formula is C19H22BN5O3. The molecule has 0 aliphatic carbocycles. The first-order valence-electron chi connectivity index (χ1n) is 9.37. The van der Waals surface area contributed by atoms with Gasteiger partial charge in [0.1, 0.15) is 5.82 Å². The summed E-state index contributed by atoms with van der Waals surface area (Å²) in [6.07, 6.45) is 2.29. The summed E-state index contributed by atoms with van der Waals surface area (Å²) in [6.45, 7) is 4.92. The molecule has 3 atom stereocenters. The number of aryl methyl sites for hydroxylation is 1. The number of hydrogen-bond donors (Lipinski definition) is 3. The first kappa shape index (κ1) is 18.7. The Kier molecular flexibility index (Phi) is 5.18. The molecule has 9 heteroatoms. The molecule has 1 fully saturated rings. The third kappa shape index (κ3) is 3.67. The van der Waals surface area contributed by atoms with Gasteiger partial charge in [-0.1, -0.05) is 6.07 Å². The second-order valence-electron chi connectivity index (χ2n) is 7.17. The number of aromatic nitrogens is 2. The molecule has 1 aromatic carbocycles. The van der Waals surface area contributed by atoms with Crippen LogP contribution >= 0.6 is 0 Å². The fourth-order valence-corrected chi connectivity index (χ4v) is 3.56. The van der Waals surface area contributed by atoms with E-state index in [0.29, 0.717) is 31.4 Å². The molecule has 3 heterocycles. The minimum atomic E-state index is -0.878. The molecule has 0 spiro atoms. The van der Waals surface area contributed by atoms with Crippen molar-refractivity contribution >= 4 is 30.0 Å². The van der Waals surface area contributed by atoms with E-state index in [0.717, 1.165) is 22.3 Å². The predicted octanol–water partition coefficient (Wildman–Crippen LogP) is 1.65. The molecule has 1 saturated heterocycles. The van der Waals surface area contributed by atoms with Crippen molar-refractivity contribution in [2.24, 2.45) is 5.92 Å². The summed E-state index contributed by atoms with van der Waals surface area (Å²) in [6, 6.07) is 7.89. The standard InChI is InChI=1S/C19H22BN5O3/c1-11-9-22-19(25-18(11)24-17-10-27-6-5-13(17)8-21)23-14-3-4-16-15(7-14)12(2)28-20(16)26/h3-4,7,9,12-13,17,26H,5-6,10H2,1-2H3,(H2,22,23,24,25). The van der Waals surface area contributed by atoms with Crippen molar-refractivity contribution in [3.05, 3.63) is 35.5 Å². The number of nitrogens with zero attached hydrogens (tertiary/aromatic N) is 3. The van der Waals surface area contributed by atoms with E-state index in [4.69, 9.17) is 9.39 Å². The van der Waals surface area contributed by atoms with Crippen molar-refractivity contribution in [1.82, 2.24) is 9.97 Å². The van der Waals surface area contributed by atoms with E-state index < -0.39 is 7.12 Å². The van der Waals surface area contributed by atoms with Crippen molar-refractivity contribution < 1.29 is 14.4 Å². The van der Waals surface area contributed by atoms with Gasteiger partial charge < -0.3 is 25.0 Å². The van der Waals surface area contributed by atoms with E-state index in [9.17, 15) is 10.3 Å². The van der Waals surface area contributed by atoms with Gasteiger partial charge in [0.15, 0.2) is 0 Å². The third-order valence-corrected chi connectivity index (χ3v) is 5.20. The Morgan fingerprint density at radius 2 is 2.25 bits per heavy atom. The molecule has 2 aliphatic heterocycles. The Morgan fingerprint density at radius 1 is 1.39 bits per heavy atom. The van der Waals surface area contributed by atoms with E-state index in [1.165, 1.54) is 0 Å². The van der Waals surface area contributed by atoms with Crippen LogP contribution in [0, 0.1) is 24.2 Å². The number of benzene rings is 1. The van der Waals surface area contributed by atoms with Crippen LogP contribution in [0.3, 0.4) is 0 Å². The number of anilines is 3. The van der Waals surface area contributed by atoms with Crippen LogP contribution in [0.1, 0.15) is 30.6 Å². The highest BCUT2D eigenvalue weighted by Gasteiger charge is 2.32. The van der Waals surface area contributed by atoms with Gasteiger partial charge in [-0.2, -0.15) is 10.2 Å². The zero-order valence-corrected chi connectivity index (χ0v) is 15.8. The van der Waals surface area contributed by atoms with Crippen LogP contribution in [0.5, 0.6) is 0 Å². The summed E-state index contributed by atoms with van der Waals surface area (Å²) >= 11 is 0. The van der Waals surface area contributed by atoms with Crippen molar-refractivity contribution in [2.75, 3.05) is 23.8 Å². The van der Waals surface area contributed by atoms with Crippen LogP contribution in [0.2, 0.25) is 0 Å². The molecule has 2 aromatic rings. The minimum absolute atomic E-state index is 0.0975. The molecule has 3 N–H and O–H groups in total. The highest BCUT2D eigenvalue weighted by molar-refractivity contribution is 6.61. The van der Waals surface area contributed by atoms with Gasteiger partial charge in [0.05, 0.1) is 30.7 Å². The Bertz CT molecular complexity index is 919. The van der Waals surface area contributed by atoms with Crippen molar-refractivity contribution in [2.45, 2.75) is 32.4 Å². The first-order chi connectivity index (χ1) is 13.5. The summed E-state index contributed by atoms with van der Waals surface area (Å²) in [4.78, 5) is 8.93. The highest BCUT2D eigenvalue weighted by Crippen LogP contribution is 2.27. The molecule has 1 aromatic heterocycles. The number of hydrogen-bond acceptors (Lipinski definition) is 8. The zero-order valence-electron chi connectivity index (χ0n) is 15.8. The van der Waals surface area contributed by atoms with Gasteiger partial charge in [0.25, 0.3) is 0 Å². The van der Waals surface area contributed by atoms with Gasteiger partial charge in [-0.05, 0) is 43.4 Å². The SMILES string of the molecule is Cc1cnc(Nc2ccc3c(c2)C(C)OB3O)nc1NC1COCCC1C#N. The summed E-state index contributed by atoms with van der Waals surface area (Å²) in [7, 11) is -0.878. The molecular weight excluding hydrogens is 357 g/mol. The topological polar surface area (TPSA) is 112 Å². The average molecular weight is 379 g/mol.